The molecule has 4 N–H and O–H groups in total. The van der Waals surface area contributed by atoms with Gasteiger partial charge in [-0.2, -0.15) is 0 Å². The van der Waals surface area contributed by atoms with Crippen LogP contribution in [0.15, 0.2) is 48.6 Å². The molecule has 1 aromatic carbocycles. The summed E-state index contributed by atoms with van der Waals surface area (Å²) in [7, 11) is 0. The van der Waals surface area contributed by atoms with Crippen molar-refractivity contribution in [3.05, 3.63) is 68.9 Å². The number of hydrogen-bond acceptors (Lipinski definition) is 4. The lowest BCUT2D eigenvalue weighted by Crippen LogP contribution is -2.26. The van der Waals surface area contributed by atoms with Crippen LogP contribution < -0.4 is 5.73 Å². The molecule has 5 nitrogen and oxygen atoms in total. The van der Waals surface area contributed by atoms with Gasteiger partial charge >= 0.3 is 11.9 Å². The number of nitrogens with two attached hydrogens (primary N) is 1. The van der Waals surface area contributed by atoms with Crippen LogP contribution >= 0.6 is 22.9 Å². The maximum atomic E-state index is 9.55. The predicted molar refractivity (Wildman–Crippen MR) is 98.3 cm³/mol. The molecule has 132 valence electrons. The summed E-state index contributed by atoms with van der Waals surface area (Å²) in [6, 6.07) is 12.9. The molecule has 0 bridgehead atoms. The second-order valence-corrected chi connectivity index (χ2v) is 7.39. The van der Waals surface area contributed by atoms with Crippen molar-refractivity contribution in [3.63, 3.8) is 0 Å². The molecule has 1 aliphatic carbocycles. The van der Waals surface area contributed by atoms with E-state index in [9.17, 15) is 9.59 Å². The number of rotatable bonds is 4. The molecule has 0 saturated heterocycles. The van der Waals surface area contributed by atoms with Gasteiger partial charge in [-0.25, -0.2) is 9.59 Å². The third kappa shape index (κ3) is 5.70. The predicted octanol–water partition coefficient (Wildman–Crippen LogP) is 3.32. The van der Waals surface area contributed by atoms with Crippen molar-refractivity contribution in [1.82, 2.24) is 0 Å². The maximum absolute atomic E-state index is 9.55. The second kappa shape index (κ2) is 8.80. The van der Waals surface area contributed by atoms with Gasteiger partial charge in [-0.15, -0.1) is 11.3 Å². The first-order valence-corrected chi connectivity index (χ1v) is 8.77. The molecular weight excluding hydrogens is 362 g/mol. The minimum absolute atomic E-state index is 0.244. The number of carboxylic acids is 2. The Morgan fingerprint density at radius 1 is 1.16 bits per heavy atom. The van der Waals surface area contributed by atoms with Crippen LogP contribution in [0.5, 0.6) is 0 Å². The fourth-order valence-electron chi connectivity index (χ4n) is 2.79. The van der Waals surface area contributed by atoms with Gasteiger partial charge in [0.2, 0.25) is 0 Å². The van der Waals surface area contributed by atoms with Crippen LogP contribution in [-0.2, 0) is 22.4 Å². The van der Waals surface area contributed by atoms with Crippen molar-refractivity contribution in [2.75, 3.05) is 0 Å². The van der Waals surface area contributed by atoms with Gasteiger partial charge < -0.3 is 15.9 Å². The summed E-state index contributed by atoms with van der Waals surface area (Å²) in [6.45, 7) is 0. The van der Waals surface area contributed by atoms with Crippen LogP contribution in [-0.4, -0.2) is 28.2 Å². The number of carboxylic acid groups (broad SMARTS) is 2. The van der Waals surface area contributed by atoms with Gasteiger partial charge in [0.05, 0.1) is 4.34 Å². The third-order valence-corrected chi connectivity index (χ3v) is 5.10. The highest BCUT2D eigenvalue weighted by atomic mass is 35.5. The SMILES string of the molecule is N[C@H]1Cc2ccccc2[C@H]1Cc1ccc(Cl)s1.O=C(O)/C=C\C(=O)O. The summed E-state index contributed by atoms with van der Waals surface area (Å²) in [5.74, 6) is -2.07. The summed E-state index contributed by atoms with van der Waals surface area (Å²) in [5, 5.41) is 15.6. The normalized spacial score (nSPS) is 18.5. The average molecular weight is 380 g/mol. The van der Waals surface area contributed by atoms with E-state index in [1.165, 1.54) is 16.0 Å². The van der Waals surface area contributed by atoms with Crippen molar-refractivity contribution in [1.29, 1.82) is 0 Å². The van der Waals surface area contributed by atoms with Gasteiger partial charge in [0.25, 0.3) is 0 Å². The Labute approximate surface area is 154 Å². The molecule has 0 radical (unpaired) electrons. The van der Waals surface area contributed by atoms with Crippen LogP contribution in [0.2, 0.25) is 4.34 Å². The standard InChI is InChI=1S/C14H14ClNS.C4H4O4/c15-14-6-5-10(17-14)8-12-11-4-2-1-3-9(11)7-13(12)16;5-3(6)1-2-4(7)8/h1-6,12-13H,7-8,16H2;1-2H,(H,5,6)(H,7,8)/b;2-1-/t12-,13+;/m1./s1. The minimum atomic E-state index is -1.26. The molecule has 0 spiro atoms. The smallest absolute Gasteiger partial charge is 0.328 e. The average Bonchev–Trinajstić information content (AvgIpc) is 3.10. The fourth-order valence-corrected chi connectivity index (χ4v) is 3.94. The molecule has 3 rings (SSSR count). The van der Waals surface area contributed by atoms with E-state index in [-0.39, 0.29) is 6.04 Å². The molecule has 1 aliphatic rings. The molecule has 0 amide bonds. The van der Waals surface area contributed by atoms with Crippen molar-refractivity contribution >= 4 is 34.9 Å². The Balaban J connectivity index is 0.000000242. The van der Waals surface area contributed by atoms with Gasteiger partial charge in [-0.1, -0.05) is 35.9 Å². The molecule has 25 heavy (non-hydrogen) atoms. The lowest BCUT2D eigenvalue weighted by atomic mass is 9.94. The van der Waals surface area contributed by atoms with Crippen molar-refractivity contribution in [2.45, 2.75) is 24.8 Å². The number of benzene rings is 1. The molecule has 1 heterocycles. The quantitative estimate of drug-likeness (QED) is 0.707. The van der Waals surface area contributed by atoms with Gasteiger partial charge in [0.1, 0.15) is 0 Å². The summed E-state index contributed by atoms with van der Waals surface area (Å²) in [5.41, 5.74) is 9.09. The first-order valence-electron chi connectivity index (χ1n) is 7.58. The highest BCUT2D eigenvalue weighted by Gasteiger charge is 2.29. The summed E-state index contributed by atoms with van der Waals surface area (Å²) in [4.78, 5) is 20.4. The lowest BCUT2D eigenvalue weighted by Gasteiger charge is -2.15. The number of halogens is 1. The Bertz CT molecular complexity index is 771. The minimum Gasteiger partial charge on any atom is -0.478 e. The third-order valence-electron chi connectivity index (χ3n) is 3.85. The van der Waals surface area contributed by atoms with Crippen molar-refractivity contribution < 1.29 is 19.8 Å². The summed E-state index contributed by atoms with van der Waals surface area (Å²) < 4.78 is 0.861. The molecule has 0 saturated carbocycles. The van der Waals surface area contributed by atoms with E-state index in [2.05, 4.69) is 30.3 Å². The topological polar surface area (TPSA) is 101 Å². The molecule has 2 aromatic rings. The molecule has 0 fully saturated rings. The van der Waals surface area contributed by atoms with Gasteiger partial charge in [-0.3, -0.25) is 0 Å². The second-order valence-electron chi connectivity index (χ2n) is 5.59. The van der Waals surface area contributed by atoms with Gasteiger partial charge in [-0.05, 0) is 36.1 Å². The zero-order chi connectivity index (χ0) is 18.4. The number of aliphatic carboxylic acids is 2. The van der Waals surface area contributed by atoms with E-state index >= 15 is 0 Å². The zero-order valence-corrected chi connectivity index (χ0v) is 14.8. The molecule has 2 atom stereocenters. The number of hydrogen-bond donors (Lipinski definition) is 3. The number of thiophene rings is 1. The summed E-state index contributed by atoms with van der Waals surface area (Å²) in [6.07, 6.45) is 3.13. The van der Waals surface area contributed by atoms with Crippen LogP contribution in [0.4, 0.5) is 0 Å². The first-order chi connectivity index (χ1) is 11.9. The lowest BCUT2D eigenvalue weighted by molar-refractivity contribution is -0.134. The Morgan fingerprint density at radius 2 is 1.80 bits per heavy atom. The first kappa shape index (κ1) is 19.2. The van der Waals surface area contributed by atoms with E-state index in [1.807, 2.05) is 6.07 Å². The van der Waals surface area contributed by atoms with Crippen molar-refractivity contribution in [2.24, 2.45) is 5.73 Å². The molecule has 0 unspecified atom stereocenters. The monoisotopic (exact) mass is 379 g/mol. The molecule has 7 heteroatoms. The van der Waals surface area contributed by atoms with Gasteiger partial charge in [0, 0.05) is 29.0 Å². The van der Waals surface area contributed by atoms with Crippen LogP contribution in [0.1, 0.15) is 21.9 Å². The van der Waals surface area contributed by atoms with E-state index in [1.54, 1.807) is 11.3 Å². The van der Waals surface area contributed by atoms with E-state index in [0.29, 0.717) is 18.1 Å². The van der Waals surface area contributed by atoms with Gasteiger partial charge in [0.15, 0.2) is 0 Å². The Morgan fingerprint density at radius 3 is 2.36 bits per heavy atom. The molecule has 0 aliphatic heterocycles. The van der Waals surface area contributed by atoms with Crippen LogP contribution in [0.25, 0.3) is 0 Å². The Kier molecular flexibility index (Phi) is 6.75. The van der Waals surface area contributed by atoms with E-state index in [4.69, 9.17) is 27.5 Å². The fraction of sp³-hybridized carbons (Fsp3) is 0.222. The number of carbonyl (C=O) groups is 2. The van der Waals surface area contributed by atoms with Crippen LogP contribution in [0.3, 0.4) is 0 Å². The highest BCUT2D eigenvalue weighted by Crippen LogP contribution is 2.36. The molecule has 1 aromatic heterocycles. The van der Waals surface area contributed by atoms with E-state index < -0.39 is 11.9 Å². The zero-order valence-electron chi connectivity index (χ0n) is 13.3. The number of fused-ring (bicyclic) bond motifs is 1. The van der Waals surface area contributed by atoms with Crippen molar-refractivity contribution in [3.8, 4) is 0 Å². The van der Waals surface area contributed by atoms with E-state index in [0.717, 1.165) is 17.2 Å². The van der Waals surface area contributed by atoms with Crippen LogP contribution in [0, 0.1) is 0 Å². The maximum Gasteiger partial charge on any atom is 0.328 e. The molecular formula is C18H18ClNO4S. The highest BCUT2D eigenvalue weighted by molar-refractivity contribution is 7.16. The Hall–Kier alpha value is -2.15. The largest absolute Gasteiger partial charge is 0.478 e. The summed E-state index contributed by atoms with van der Waals surface area (Å²) >= 11 is 7.63.